The van der Waals surface area contributed by atoms with Crippen molar-refractivity contribution in [3.8, 4) is 5.69 Å². The molecule has 3 aromatic rings. The lowest BCUT2D eigenvalue weighted by atomic mass is 9.78. The number of likely N-dealkylation sites (N-methyl/N-ethyl adjacent to an activating group) is 1. The largest absolute Gasteiger partial charge is 0.348 e. The van der Waals surface area contributed by atoms with Crippen LogP contribution in [0.2, 0.25) is 0 Å². The number of hydrogen-bond acceptors (Lipinski definition) is 4. The lowest BCUT2D eigenvalue weighted by molar-refractivity contribution is 0.00710. The second-order valence-electron chi connectivity index (χ2n) is 7.98. The van der Waals surface area contributed by atoms with E-state index in [-0.39, 0.29) is 5.54 Å². The Balaban J connectivity index is 1.27. The highest BCUT2D eigenvalue weighted by molar-refractivity contribution is 5.34. The van der Waals surface area contributed by atoms with Crippen LogP contribution in [-0.2, 0) is 18.5 Å². The van der Waals surface area contributed by atoms with Crippen LogP contribution in [0.15, 0.2) is 49.1 Å². The minimum Gasteiger partial charge on any atom is -0.348 e. The highest BCUT2D eigenvalue weighted by atomic mass is 15.3. The summed E-state index contributed by atoms with van der Waals surface area (Å²) in [7, 11) is 0. The van der Waals surface area contributed by atoms with Gasteiger partial charge in [-0.15, -0.1) is 0 Å². The van der Waals surface area contributed by atoms with E-state index in [1.54, 1.807) is 0 Å². The molecule has 2 aliphatic heterocycles. The third-order valence-corrected chi connectivity index (χ3v) is 6.57. The predicted molar refractivity (Wildman–Crippen MR) is 109 cm³/mol. The standard InChI is InChI=1S/C22H28N6/c1-2-27-13-8-20-21(24-17-23-20)22(27)9-14-26(15-10-22)16-18-4-6-19(7-5-18)28-12-3-11-25-28/h3-7,11-12,17H,2,8-10,13-16H2,1H3,(H,23,24). The van der Waals surface area contributed by atoms with Gasteiger partial charge in [0.2, 0.25) is 0 Å². The average Bonchev–Trinajstić information content (AvgIpc) is 3.43. The first-order valence-electron chi connectivity index (χ1n) is 10.4. The van der Waals surface area contributed by atoms with Gasteiger partial charge in [-0.25, -0.2) is 9.67 Å². The number of imidazole rings is 1. The Morgan fingerprint density at radius 1 is 1.11 bits per heavy atom. The molecule has 1 aromatic carbocycles. The molecule has 5 rings (SSSR count). The van der Waals surface area contributed by atoms with Crippen molar-refractivity contribution in [2.24, 2.45) is 0 Å². The fraction of sp³-hybridized carbons (Fsp3) is 0.455. The molecule has 1 N–H and O–H groups in total. The van der Waals surface area contributed by atoms with Crippen LogP contribution in [0.3, 0.4) is 0 Å². The maximum absolute atomic E-state index is 4.75. The summed E-state index contributed by atoms with van der Waals surface area (Å²) >= 11 is 0. The quantitative estimate of drug-likeness (QED) is 0.761. The Morgan fingerprint density at radius 2 is 1.93 bits per heavy atom. The molecule has 0 amide bonds. The van der Waals surface area contributed by atoms with Crippen molar-refractivity contribution in [2.45, 2.75) is 38.3 Å². The van der Waals surface area contributed by atoms with Crippen molar-refractivity contribution in [1.29, 1.82) is 0 Å². The molecule has 1 spiro atoms. The molecular formula is C22H28N6. The van der Waals surface area contributed by atoms with Crippen molar-refractivity contribution in [1.82, 2.24) is 29.5 Å². The zero-order valence-corrected chi connectivity index (χ0v) is 16.5. The van der Waals surface area contributed by atoms with E-state index in [4.69, 9.17) is 4.98 Å². The molecule has 0 bridgehead atoms. The van der Waals surface area contributed by atoms with Crippen LogP contribution in [0.25, 0.3) is 5.69 Å². The highest BCUT2D eigenvalue weighted by Gasteiger charge is 2.45. The number of aromatic amines is 1. The summed E-state index contributed by atoms with van der Waals surface area (Å²) < 4.78 is 1.90. The van der Waals surface area contributed by atoms with E-state index in [9.17, 15) is 0 Å². The van der Waals surface area contributed by atoms with Gasteiger partial charge in [-0.1, -0.05) is 19.1 Å². The number of nitrogens with one attached hydrogen (secondary N) is 1. The molecule has 1 fully saturated rings. The molecule has 0 unspecified atom stereocenters. The number of benzene rings is 1. The lowest BCUT2D eigenvalue weighted by Gasteiger charge is -2.50. The van der Waals surface area contributed by atoms with Gasteiger partial charge in [0.25, 0.3) is 0 Å². The molecule has 2 aromatic heterocycles. The molecule has 0 radical (unpaired) electrons. The summed E-state index contributed by atoms with van der Waals surface area (Å²) in [4.78, 5) is 13.4. The van der Waals surface area contributed by atoms with Crippen LogP contribution >= 0.6 is 0 Å². The topological polar surface area (TPSA) is 53.0 Å². The van der Waals surface area contributed by atoms with Gasteiger partial charge in [-0.2, -0.15) is 5.10 Å². The van der Waals surface area contributed by atoms with Crippen molar-refractivity contribution >= 4 is 0 Å². The Morgan fingerprint density at radius 3 is 2.64 bits per heavy atom. The fourth-order valence-electron chi connectivity index (χ4n) is 5.05. The molecule has 6 heteroatoms. The predicted octanol–water partition coefficient (Wildman–Crippen LogP) is 2.96. The van der Waals surface area contributed by atoms with Gasteiger partial charge in [0.05, 0.1) is 23.2 Å². The maximum atomic E-state index is 4.75. The van der Waals surface area contributed by atoms with Gasteiger partial charge in [0, 0.05) is 50.7 Å². The number of nitrogens with zero attached hydrogens (tertiary/aromatic N) is 5. The zero-order chi connectivity index (χ0) is 19.0. The van der Waals surface area contributed by atoms with Crippen molar-refractivity contribution in [3.63, 3.8) is 0 Å². The van der Waals surface area contributed by atoms with Crippen LogP contribution in [0.4, 0.5) is 0 Å². The summed E-state index contributed by atoms with van der Waals surface area (Å²) in [5.74, 6) is 0. The maximum Gasteiger partial charge on any atom is 0.0926 e. The number of hydrogen-bond donors (Lipinski definition) is 1. The third kappa shape index (κ3) is 2.97. The number of fused-ring (bicyclic) bond motifs is 2. The molecule has 1 saturated heterocycles. The smallest absolute Gasteiger partial charge is 0.0926 e. The van der Waals surface area contributed by atoms with Gasteiger partial charge < -0.3 is 4.98 Å². The minimum atomic E-state index is 0.128. The second kappa shape index (κ2) is 7.18. The number of aromatic nitrogens is 4. The Labute approximate surface area is 166 Å². The first-order chi connectivity index (χ1) is 13.8. The Kier molecular flexibility index (Phi) is 4.53. The minimum absolute atomic E-state index is 0.128. The van der Waals surface area contributed by atoms with Gasteiger partial charge >= 0.3 is 0 Å². The monoisotopic (exact) mass is 376 g/mol. The molecule has 0 atom stereocenters. The van der Waals surface area contributed by atoms with Crippen LogP contribution < -0.4 is 0 Å². The summed E-state index contributed by atoms with van der Waals surface area (Å²) in [5, 5.41) is 4.30. The van der Waals surface area contributed by atoms with E-state index in [0.29, 0.717) is 0 Å². The van der Waals surface area contributed by atoms with E-state index in [2.05, 4.69) is 51.1 Å². The Bertz CT molecular complexity index is 903. The van der Waals surface area contributed by atoms with Gasteiger partial charge in [-0.3, -0.25) is 9.80 Å². The van der Waals surface area contributed by atoms with E-state index in [0.717, 1.165) is 57.7 Å². The summed E-state index contributed by atoms with van der Waals surface area (Å²) in [6.45, 7) is 7.76. The molecule has 0 saturated carbocycles. The van der Waals surface area contributed by atoms with Crippen molar-refractivity contribution in [2.75, 3.05) is 26.2 Å². The molecule has 146 valence electrons. The fourth-order valence-corrected chi connectivity index (χ4v) is 5.05. The SMILES string of the molecule is CCN1CCc2[nH]cnc2C12CCN(Cc1ccc(-n3cccn3)cc1)CC2. The third-order valence-electron chi connectivity index (χ3n) is 6.57. The normalized spacial score (nSPS) is 19.8. The number of piperidine rings is 1. The number of likely N-dealkylation sites (tertiary alicyclic amines) is 1. The highest BCUT2D eigenvalue weighted by Crippen LogP contribution is 2.42. The average molecular weight is 377 g/mol. The molecular weight excluding hydrogens is 348 g/mol. The van der Waals surface area contributed by atoms with E-state index in [1.807, 2.05) is 29.5 Å². The lowest BCUT2D eigenvalue weighted by Crippen LogP contribution is -2.56. The van der Waals surface area contributed by atoms with Crippen LogP contribution in [-0.4, -0.2) is 55.7 Å². The van der Waals surface area contributed by atoms with E-state index < -0.39 is 0 Å². The summed E-state index contributed by atoms with van der Waals surface area (Å²) in [6, 6.07) is 10.7. The molecule has 28 heavy (non-hydrogen) atoms. The van der Waals surface area contributed by atoms with Gasteiger partial charge in [0.1, 0.15) is 0 Å². The molecule has 4 heterocycles. The van der Waals surface area contributed by atoms with Gasteiger partial charge in [-0.05, 0) is 43.1 Å². The van der Waals surface area contributed by atoms with Crippen LogP contribution in [0.1, 0.15) is 36.7 Å². The summed E-state index contributed by atoms with van der Waals surface area (Å²) in [5.41, 5.74) is 5.26. The first kappa shape index (κ1) is 17.6. The molecule has 0 aliphatic carbocycles. The van der Waals surface area contributed by atoms with E-state index in [1.165, 1.54) is 17.0 Å². The van der Waals surface area contributed by atoms with Crippen LogP contribution in [0.5, 0.6) is 0 Å². The van der Waals surface area contributed by atoms with Crippen molar-refractivity contribution in [3.05, 3.63) is 66.0 Å². The molecule has 2 aliphatic rings. The second-order valence-corrected chi connectivity index (χ2v) is 7.98. The Hall–Kier alpha value is -2.44. The first-order valence-corrected chi connectivity index (χ1v) is 10.4. The number of rotatable bonds is 4. The van der Waals surface area contributed by atoms with Crippen LogP contribution in [0, 0.1) is 0 Å². The van der Waals surface area contributed by atoms with E-state index >= 15 is 0 Å². The van der Waals surface area contributed by atoms with Crippen molar-refractivity contribution < 1.29 is 0 Å². The zero-order valence-electron chi connectivity index (χ0n) is 16.5. The molecule has 6 nitrogen and oxygen atoms in total. The summed E-state index contributed by atoms with van der Waals surface area (Å²) in [6.07, 6.45) is 9.09. The van der Waals surface area contributed by atoms with Gasteiger partial charge in [0.15, 0.2) is 0 Å². The number of H-pyrrole nitrogens is 1.